The van der Waals surface area contributed by atoms with Crippen LogP contribution in [0.4, 0.5) is 5.69 Å². The Balaban J connectivity index is 1.49. The molecule has 3 aromatic carbocycles. The van der Waals surface area contributed by atoms with Crippen LogP contribution in [0.15, 0.2) is 97.4 Å². The highest BCUT2D eigenvalue weighted by Crippen LogP contribution is 2.31. The second-order valence-electron chi connectivity index (χ2n) is 9.79. The number of nitrogens with one attached hydrogen (secondary N) is 1. The van der Waals surface area contributed by atoms with E-state index in [2.05, 4.69) is 137 Å². The number of anilines is 1. The number of hydrogen-bond acceptors (Lipinski definition) is 3. The lowest BCUT2D eigenvalue weighted by Crippen LogP contribution is -2.53. The van der Waals surface area contributed by atoms with E-state index in [1.165, 1.54) is 37.9 Å². The molecule has 2 aliphatic rings. The Labute approximate surface area is 202 Å². The average Bonchev–Trinajstić information content (AvgIpc) is 3.45. The van der Waals surface area contributed by atoms with Crippen molar-refractivity contribution < 1.29 is 0 Å². The third kappa shape index (κ3) is 3.35. The fourth-order valence-corrected chi connectivity index (χ4v) is 7.51. The van der Waals surface area contributed by atoms with Crippen molar-refractivity contribution >= 4 is 51.8 Å². The van der Waals surface area contributed by atoms with Gasteiger partial charge >= 0.3 is 0 Å². The molecule has 4 aromatic rings. The van der Waals surface area contributed by atoms with Crippen molar-refractivity contribution in [2.45, 2.75) is 13.1 Å². The molecule has 0 fully saturated rings. The van der Waals surface area contributed by atoms with Crippen molar-refractivity contribution in [2.24, 2.45) is 0 Å². The predicted molar refractivity (Wildman–Crippen MR) is 148 cm³/mol. The molecule has 0 amide bonds. The molecule has 0 spiro atoms. The first kappa shape index (κ1) is 20.9. The Morgan fingerprint density at radius 3 is 2.44 bits per heavy atom. The van der Waals surface area contributed by atoms with E-state index in [1.807, 2.05) is 0 Å². The number of hydrogen-bond donors (Lipinski definition) is 1. The number of dihydropyridines is 1. The highest BCUT2D eigenvalue weighted by molar-refractivity contribution is 7.00. The Morgan fingerprint density at radius 1 is 0.824 bits per heavy atom. The molecule has 1 N–H and O–H groups in total. The van der Waals surface area contributed by atoms with Crippen LogP contribution in [0.1, 0.15) is 0 Å². The number of aromatic nitrogens is 1. The van der Waals surface area contributed by atoms with Crippen molar-refractivity contribution in [1.82, 2.24) is 14.8 Å². The Morgan fingerprint density at radius 2 is 1.65 bits per heavy atom. The smallest absolute Gasteiger partial charge is 0.112 e. The van der Waals surface area contributed by atoms with E-state index >= 15 is 0 Å². The van der Waals surface area contributed by atoms with Crippen LogP contribution >= 0.6 is 0 Å². The largest absolute Gasteiger partial charge is 0.368 e. The van der Waals surface area contributed by atoms with E-state index in [1.54, 1.807) is 0 Å². The molecule has 34 heavy (non-hydrogen) atoms. The molecule has 0 saturated carbocycles. The summed E-state index contributed by atoms with van der Waals surface area (Å²) in [6.07, 6.45) is 10.8. The molecule has 6 rings (SSSR count). The fraction of sp³-hybridized carbons (Fsp3) is 0.172. The van der Waals surface area contributed by atoms with Gasteiger partial charge in [0, 0.05) is 42.5 Å². The van der Waals surface area contributed by atoms with Crippen molar-refractivity contribution in [1.29, 1.82) is 0 Å². The van der Waals surface area contributed by atoms with Crippen LogP contribution < -0.4 is 20.6 Å². The number of rotatable bonds is 4. The molecule has 1 aromatic heterocycles. The van der Waals surface area contributed by atoms with Gasteiger partial charge in [-0.1, -0.05) is 78.1 Å². The van der Waals surface area contributed by atoms with Crippen LogP contribution in [0.5, 0.6) is 0 Å². The maximum absolute atomic E-state index is 3.57. The molecule has 0 saturated heterocycles. The van der Waals surface area contributed by atoms with Gasteiger partial charge in [-0.25, -0.2) is 0 Å². The van der Waals surface area contributed by atoms with Crippen LogP contribution in [0.2, 0.25) is 13.1 Å². The highest BCUT2D eigenvalue weighted by Gasteiger charge is 2.28. The minimum Gasteiger partial charge on any atom is -0.368 e. The third-order valence-electron chi connectivity index (χ3n) is 7.20. The summed E-state index contributed by atoms with van der Waals surface area (Å²) in [6.45, 7) is 6.68. The van der Waals surface area contributed by atoms with Crippen LogP contribution in [-0.4, -0.2) is 37.8 Å². The topological polar surface area (TPSA) is 23.4 Å². The summed E-state index contributed by atoms with van der Waals surface area (Å²) in [5.74, 6) is 1.14. The van der Waals surface area contributed by atoms with E-state index in [-0.39, 0.29) is 0 Å². The quantitative estimate of drug-likeness (QED) is 0.443. The van der Waals surface area contributed by atoms with Gasteiger partial charge in [0.2, 0.25) is 0 Å². The average molecular weight is 463 g/mol. The lowest BCUT2D eigenvalue weighted by molar-refractivity contribution is 0.496. The van der Waals surface area contributed by atoms with Crippen LogP contribution in [0.3, 0.4) is 0 Å². The zero-order valence-electron chi connectivity index (χ0n) is 20.0. The van der Waals surface area contributed by atoms with Gasteiger partial charge in [-0.15, -0.1) is 0 Å². The lowest BCUT2D eigenvalue weighted by Gasteiger charge is -2.26. The Kier molecular flexibility index (Phi) is 4.88. The maximum atomic E-state index is 3.57. The summed E-state index contributed by atoms with van der Waals surface area (Å²) in [5.41, 5.74) is 3.78. The van der Waals surface area contributed by atoms with Gasteiger partial charge in [0.15, 0.2) is 0 Å². The number of para-hydroxylation sites is 1. The molecule has 5 heteroatoms. The number of allylic oxidation sites excluding steroid dienone is 2. The predicted octanol–water partition coefficient (Wildman–Crippen LogP) is 4.76. The Hall–Kier alpha value is -3.70. The second kappa shape index (κ2) is 7.96. The van der Waals surface area contributed by atoms with E-state index in [4.69, 9.17) is 0 Å². The van der Waals surface area contributed by atoms with E-state index in [9.17, 15) is 0 Å². The van der Waals surface area contributed by atoms with Gasteiger partial charge in [0.25, 0.3) is 0 Å². The molecule has 0 unspecified atom stereocenters. The van der Waals surface area contributed by atoms with Gasteiger partial charge < -0.3 is 15.1 Å². The molecule has 170 valence electrons. The summed E-state index contributed by atoms with van der Waals surface area (Å²) < 4.78 is 2.39. The number of benzene rings is 3. The van der Waals surface area contributed by atoms with Crippen molar-refractivity contribution in [3.05, 3.63) is 97.4 Å². The molecule has 3 heterocycles. The monoisotopic (exact) mass is 462 g/mol. The van der Waals surface area contributed by atoms with Crippen LogP contribution in [0, 0.1) is 0 Å². The zero-order chi connectivity index (χ0) is 23.3. The first-order valence-electron chi connectivity index (χ1n) is 11.9. The maximum Gasteiger partial charge on any atom is 0.112 e. The van der Waals surface area contributed by atoms with E-state index in [0.29, 0.717) is 0 Å². The minimum absolute atomic E-state index is 0.854. The molecule has 0 radical (unpaired) electrons. The van der Waals surface area contributed by atoms with Gasteiger partial charge in [0.05, 0.1) is 17.7 Å². The van der Waals surface area contributed by atoms with Gasteiger partial charge in [0.1, 0.15) is 13.9 Å². The minimum atomic E-state index is -1.92. The van der Waals surface area contributed by atoms with Gasteiger partial charge in [-0.2, -0.15) is 0 Å². The molecular weight excluding hydrogens is 432 g/mol. The lowest BCUT2D eigenvalue weighted by atomic mass is 10.1. The van der Waals surface area contributed by atoms with Gasteiger partial charge in [-0.3, -0.25) is 4.57 Å². The van der Waals surface area contributed by atoms with Crippen molar-refractivity contribution in [3.8, 4) is 0 Å². The van der Waals surface area contributed by atoms with Gasteiger partial charge in [-0.05, 0) is 30.3 Å². The van der Waals surface area contributed by atoms with Crippen molar-refractivity contribution in [3.63, 3.8) is 0 Å². The highest BCUT2D eigenvalue weighted by atomic mass is 28.3. The van der Waals surface area contributed by atoms with Crippen LogP contribution in [0.25, 0.3) is 27.6 Å². The van der Waals surface area contributed by atoms with Crippen molar-refractivity contribution in [2.75, 3.05) is 25.2 Å². The molecular formula is C29H30N4Si. The first-order valence-corrected chi connectivity index (χ1v) is 14.9. The molecule has 4 nitrogen and oxygen atoms in total. The van der Waals surface area contributed by atoms with E-state index in [0.717, 1.165) is 19.0 Å². The summed E-state index contributed by atoms with van der Waals surface area (Å²) in [6, 6.07) is 25.0. The first-order chi connectivity index (χ1) is 16.5. The SMILES string of the molecule is CN1C=CN(c2cccc([Si](C)(C)c3ccc4c5ccccc5n(C5=CC=CCN5)c4c3)c2)C1. The molecule has 0 atom stereocenters. The number of nitrogens with zero attached hydrogens (tertiary/aromatic N) is 3. The normalized spacial score (nSPS) is 15.9. The molecule has 0 bridgehead atoms. The zero-order valence-corrected chi connectivity index (χ0v) is 21.0. The Bertz CT molecular complexity index is 1490. The third-order valence-corrected chi connectivity index (χ3v) is 10.7. The van der Waals surface area contributed by atoms with E-state index < -0.39 is 8.07 Å². The van der Waals surface area contributed by atoms with Crippen LogP contribution in [-0.2, 0) is 0 Å². The standard InChI is InChI=1S/C29H30N4Si/c1-31-17-18-32(21-31)22-9-8-10-23(19-22)34(2,3)24-14-15-26-25-11-4-5-12-27(25)33(28(26)20-24)29-13-6-7-16-30-29/h4-15,17-20,30H,16,21H2,1-3H3. The summed E-state index contributed by atoms with van der Waals surface area (Å²) in [5, 5.41) is 9.07. The summed E-state index contributed by atoms with van der Waals surface area (Å²) >= 11 is 0. The second-order valence-corrected chi connectivity index (χ2v) is 14.2. The molecule has 0 aliphatic carbocycles. The number of fused-ring (bicyclic) bond motifs is 3. The molecule has 2 aliphatic heterocycles. The summed E-state index contributed by atoms with van der Waals surface area (Å²) in [4.78, 5) is 4.51. The summed E-state index contributed by atoms with van der Waals surface area (Å²) in [7, 11) is 0.186. The fourth-order valence-electron chi connectivity index (χ4n) is 5.16.